The van der Waals surface area contributed by atoms with Gasteiger partial charge in [0.05, 0.1) is 11.0 Å². The Morgan fingerprint density at radius 2 is 2.06 bits per heavy atom. The molecule has 8 heteroatoms. The maximum Gasteiger partial charge on any atom is 0.271 e. The maximum atomic E-state index is 11.3. The second-order valence-electron chi connectivity index (χ2n) is 3.75. The lowest BCUT2D eigenvalue weighted by molar-refractivity contribution is -0.385. The molecule has 0 amide bonds. The van der Waals surface area contributed by atoms with Gasteiger partial charge in [-0.3, -0.25) is 10.1 Å². The third kappa shape index (κ3) is 2.71. The smallest absolute Gasteiger partial charge is 0.271 e. The van der Waals surface area contributed by atoms with Crippen LogP contribution in [-0.4, -0.2) is 19.4 Å². The molecule has 1 aromatic carbocycles. The van der Waals surface area contributed by atoms with Crippen LogP contribution < -0.4 is 9.88 Å². The highest BCUT2D eigenvalue weighted by atomic mass is 32.2. The minimum Gasteiger partial charge on any atom is -0.489 e. The van der Waals surface area contributed by atoms with Gasteiger partial charge in [0, 0.05) is 12.1 Å². The molecule has 1 aromatic rings. The molecule has 0 radical (unpaired) electrons. The third-order valence-electron chi connectivity index (χ3n) is 2.26. The van der Waals surface area contributed by atoms with E-state index in [1.165, 1.54) is 12.1 Å². The number of hydrogen-bond donors (Lipinski definition) is 1. The number of nitrogens with two attached hydrogens (primary N) is 1. The first-order chi connectivity index (χ1) is 7.88. The van der Waals surface area contributed by atoms with Crippen molar-refractivity contribution in [2.75, 3.05) is 0 Å². The van der Waals surface area contributed by atoms with Crippen molar-refractivity contribution in [1.29, 1.82) is 0 Å². The molecule has 92 valence electrons. The number of benzene rings is 1. The van der Waals surface area contributed by atoms with Crippen LogP contribution in [0.15, 0.2) is 23.1 Å². The molecule has 7 nitrogen and oxygen atoms in total. The number of nitrogens with zero attached hydrogens (tertiary/aromatic N) is 1. The van der Waals surface area contributed by atoms with E-state index < -0.39 is 14.9 Å². The topological polar surface area (TPSA) is 113 Å². The van der Waals surface area contributed by atoms with Crippen LogP contribution >= 0.6 is 0 Å². The van der Waals surface area contributed by atoms with Crippen LogP contribution in [0.3, 0.4) is 0 Å². The Kier molecular flexibility index (Phi) is 2.76. The molecule has 2 rings (SSSR count). The van der Waals surface area contributed by atoms with Gasteiger partial charge in [0.15, 0.2) is 0 Å². The molecule has 0 heterocycles. The highest BCUT2D eigenvalue weighted by molar-refractivity contribution is 7.89. The van der Waals surface area contributed by atoms with Crippen molar-refractivity contribution >= 4 is 15.7 Å². The lowest BCUT2D eigenvalue weighted by Gasteiger charge is -2.08. The standard InChI is InChI=1S/C9H10N2O5S/c10-17(14,15)9-5-6(11(12)13)1-4-8(9)16-7-2-3-7/h1,4-5,7H,2-3H2,(H2,10,14,15). The van der Waals surface area contributed by atoms with E-state index in [0.717, 1.165) is 18.9 Å². The Labute approximate surface area is 97.4 Å². The molecular formula is C9H10N2O5S. The van der Waals surface area contributed by atoms with Crippen LogP contribution in [0, 0.1) is 10.1 Å². The zero-order valence-corrected chi connectivity index (χ0v) is 9.51. The van der Waals surface area contributed by atoms with Crippen LogP contribution in [-0.2, 0) is 10.0 Å². The summed E-state index contributed by atoms with van der Waals surface area (Å²) in [5.74, 6) is 0.0700. The predicted octanol–water partition coefficient (Wildman–Crippen LogP) is 0.783. The van der Waals surface area contributed by atoms with Crippen molar-refractivity contribution in [2.24, 2.45) is 5.14 Å². The monoisotopic (exact) mass is 258 g/mol. The zero-order valence-electron chi connectivity index (χ0n) is 8.70. The first-order valence-corrected chi connectivity index (χ1v) is 6.40. The summed E-state index contributed by atoms with van der Waals surface area (Å²) >= 11 is 0. The van der Waals surface area contributed by atoms with Crippen LogP contribution in [0.5, 0.6) is 5.75 Å². The normalized spacial score (nSPS) is 15.6. The van der Waals surface area contributed by atoms with Gasteiger partial charge < -0.3 is 4.74 Å². The van der Waals surface area contributed by atoms with Crippen LogP contribution in [0.2, 0.25) is 0 Å². The van der Waals surface area contributed by atoms with Crippen molar-refractivity contribution in [3.05, 3.63) is 28.3 Å². The largest absolute Gasteiger partial charge is 0.489 e. The molecule has 1 saturated carbocycles. The number of nitro groups is 1. The Balaban J connectivity index is 2.47. The molecule has 2 N–H and O–H groups in total. The fourth-order valence-electron chi connectivity index (χ4n) is 1.30. The predicted molar refractivity (Wildman–Crippen MR) is 58.1 cm³/mol. The summed E-state index contributed by atoms with van der Waals surface area (Å²) < 4.78 is 27.9. The van der Waals surface area contributed by atoms with E-state index in [4.69, 9.17) is 9.88 Å². The minimum absolute atomic E-state index is 0.0167. The number of ether oxygens (including phenoxy) is 1. The SMILES string of the molecule is NS(=O)(=O)c1cc([N+](=O)[O-])ccc1OC1CC1. The molecule has 17 heavy (non-hydrogen) atoms. The number of nitro benzene ring substituents is 1. The summed E-state index contributed by atoms with van der Waals surface area (Å²) in [5.41, 5.74) is -0.336. The van der Waals surface area contributed by atoms with Gasteiger partial charge in [0.1, 0.15) is 10.6 Å². The molecule has 0 bridgehead atoms. The van der Waals surface area contributed by atoms with Crippen LogP contribution in [0.25, 0.3) is 0 Å². The third-order valence-corrected chi connectivity index (χ3v) is 3.19. The van der Waals surface area contributed by atoms with Crippen LogP contribution in [0.1, 0.15) is 12.8 Å². The first kappa shape index (κ1) is 11.8. The van der Waals surface area contributed by atoms with E-state index in [-0.39, 0.29) is 22.4 Å². The minimum atomic E-state index is -4.04. The lowest BCUT2D eigenvalue weighted by Crippen LogP contribution is -2.14. The lowest BCUT2D eigenvalue weighted by atomic mass is 10.3. The second-order valence-corrected chi connectivity index (χ2v) is 5.28. The average Bonchev–Trinajstić information content (AvgIpc) is 3.00. The Morgan fingerprint density at radius 3 is 2.53 bits per heavy atom. The van der Waals surface area contributed by atoms with Crippen molar-refractivity contribution in [3.8, 4) is 5.75 Å². The highest BCUT2D eigenvalue weighted by Gasteiger charge is 2.27. The number of hydrogen-bond acceptors (Lipinski definition) is 5. The molecule has 0 atom stereocenters. The summed E-state index contributed by atoms with van der Waals surface area (Å²) in [5, 5.41) is 15.5. The molecule has 0 unspecified atom stereocenters. The van der Waals surface area contributed by atoms with E-state index in [2.05, 4.69) is 0 Å². The highest BCUT2D eigenvalue weighted by Crippen LogP contribution is 2.33. The second kappa shape index (κ2) is 3.97. The van der Waals surface area contributed by atoms with Crippen molar-refractivity contribution in [1.82, 2.24) is 0 Å². The Hall–Kier alpha value is -1.67. The van der Waals surface area contributed by atoms with Gasteiger partial charge in [-0.1, -0.05) is 0 Å². The number of sulfonamides is 1. The van der Waals surface area contributed by atoms with Gasteiger partial charge in [-0.25, -0.2) is 13.6 Å². The molecule has 0 aromatic heterocycles. The molecule has 1 aliphatic carbocycles. The average molecular weight is 258 g/mol. The van der Waals surface area contributed by atoms with Gasteiger partial charge in [0.2, 0.25) is 10.0 Å². The maximum absolute atomic E-state index is 11.3. The van der Waals surface area contributed by atoms with Crippen LogP contribution in [0.4, 0.5) is 5.69 Å². The van der Waals surface area contributed by atoms with E-state index in [0.29, 0.717) is 0 Å². The zero-order chi connectivity index (χ0) is 12.6. The summed E-state index contributed by atoms with van der Waals surface area (Å²) in [6.07, 6.45) is 1.68. The number of primary sulfonamides is 1. The molecule has 1 fully saturated rings. The van der Waals surface area contributed by atoms with E-state index in [1.54, 1.807) is 0 Å². The van der Waals surface area contributed by atoms with Gasteiger partial charge in [-0.15, -0.1) is 0 Å². The molecule has 0 aliphatic heterocycles. The van der Waals surface area contributed by atoms with Gasteiger partial charge in [-0.2, -0.15) is 0 Å². The molecule has 0 spiro atoms. The van der Waals surface area contributed by atoms with Crippen molar-refractivity contribution < 1.29 is 18.1 Å². The fraction of sp³-hybridized carbons (Fsp3) is 0.333. The molecule has 0 saturated heterocycles. The Morgan fingerprint density at radius 1 is 1.41 bits per heavy atom. The fourth-order valence-corrected chi connectivity index (χ4v) is 1.98. The van der Waals surface area contributed by atoms with E-state index >= 15 is 0 Å². The summed E-state index contributed by atoms with van der Waals surface area (Å²) in [4.78, 5) is 9.52. The number of rotatable bonds is 4. The van der Waals surface area contributed by atoms with Gasteiger partial charge in [0.25, 0.3) is 5.69 Å². The van der Waals surface area contributed by atoms with E-state index in [1.807, 2.05) is 0 Å². The molecular weight excluding hydrogens is 248 g/mol. The first-order valence-electron chi connectivity index (χ1n) is 4.86. The van der Waals surface area contributed by atoms with Crippen molar-refractivity contribution in [2.45, 2.75) is 23.8 Å². The molecule has 1 aliphatic rings. The van der Waals surface area contributed by atoms with E-state index in [9.17, 15) is 18.5 Å². The van der Waals surface area contributed by atoms with Gasteiger partial charge >= 0.3 is 0 Å². The quantitative estimate of drug-likeness (QED) is 0.633. The summed E-state index contributed by atoms with van der Waals surface area (Å²) in [6, 6.07) is 3.36. The Bertz CT molecular complexity index is 565. The number of non-ortho nitro benzene ring substituents is 1. The summed E-state index contributed by atoms with van der Waals surface area (Å²) in [6.45, 7) is 0. The van der Waals surface area contributed by atoms with Crippen molar-refractivity contribution in [3.63, 3.8) is 0 Å². The van der Waals surface area contributed by atoms with Gasteiger partial charge in [-0.05, 0) is 18.9 Å². The summed E-state index contributed by atoms with van der Waals surface area (Å²) in [7, 11) is -4.04.